The van der Waals surface area contributed by atoms with Gasteiger partial charge in [-0.2, -0.15) is 0 Å². The third kappa shape index (κ3) is 3.17. The molecule has 3 amide bonds. The molecule has 2 fully saturated rings. The number of imide groups is 1. The number of nitrogens with one attached hydrogen (secondary N) is 1. The smallest absolute Gasteiger partial charge is 0.255 e. The lowest BCUT2D eigenvalue weighted by Gasteiger charge is -2.29. The first kappa shape index (κ1) is 18.9. The van der Waals surface area contributed by atoms with Crippen LogP contribution in [0.1, 0.15) is 40.4 Å². The summed E-state index contributed by atoms with van der Waals surface area (Å²) in [6, 6.07) is 5.11. The van der Waals surface area contributed by atoms with Crippen molar-refractivity contribution in [2.24, 2.45) is 5.73 Å². The van der Waals surface area contributed by atoms with Gasteiger partial charge in [-0.25, -0.2) is 4.68 Å². The van der Waals surface area contributed by atoms with E-state index in [-0.39, 0.29) is 30.3 Å². The molecule has 4 heterocycles. The maximum absolute atomic E-state index is 13.0. The number of aromatic nitrogens is 3. The molecule has 0 aliphatic carbocycles. The molecule has 1 aromatic heterocycles. The highest BCUT2D eigenvalue weighted by molar-refractivity contribution is 6.05. The Bertz CT molecular complexity index is 1010. The van der Waals surface area contributed by atoms with Crippen LogP contribution in [0.3, 0.4) is 0 Å². The van der Waals surface area contributed by atoms with Gasteiger partial charge in [-0.3, -0.25) is 24.6 Å². The van der Waals surface area contributed by atoms with Crippen LogP contribution in [0, 0.1) is 0 Å². The van der Waals surface area contributed by atoms with Crippen LogP contribution < -0.4 is 11.1 Å². The van der Waals surface area contributed by atoms with Crippen molar-refractivity contribution in [1.82, 2.24) is 30.1 Å². The number of amides is 3. The van der Waals surface area contributed by atoms with Crippen molar-refractivity contribution < 1.29 is 14.4 Å². The Balaban J connectivity index is 1.34. The number of hydrogen-bond acceptors (Lipinski definition) is 7. The molecule has 10 heteroatoms. The molecule has 156 valence electrons. The third-order valence-corrected chi connectivity index (χ3v) is 6.26. The van der Waals surface area contributed by atoms with E-state index in [0.29, 0.717) is 25.1 Å². The van der Waals surface area contributed by atoms with Gasteiger partial charge in [-0.1, -0.05) is 17.3 Å². The average molecular weight is 409 g/mol. The maximum atomic E-state index is 13.0. The van der Waals surface area contributed by atoms with Gasteiger partial charge in [-0.05, 0) is 23.6 Å². The van der Waals surface area contributed by atoms with Crippen molar-refractivity contribution in [3.63, 3.8) is 0 Å². The van der Waals surface area contributed by atoms with Crippen LogP contribution in [-0.2, 0) is 22.7 Å². The standard InChI is InChI=1S/C20H23N7O3/c21-15-10-25(11-17(15)27-7-6-22-24-27)8-12-2-1-3-13-14(12)9-26(20(13)30)16-4-5-18(28)23-19(16)29/h1-3,6-7,15-17H,4-5,8-11,21H2,(H,23,28,29)/t15-,16?,17+/m1/s1. The number of carbonyl (C=O) groups is 3. The fourth-order valence-corrected chi connectivity index (χ4v) is 4.74. The van der Waals surface area contributed by atoms with Crippen molar-refractivity contribution in [1.29, 1.82) is 0 Å². The van der Waals surface area contributed by atoms with E-state index in [4.69, 9.17) is 5.73 Å². The van der Waals surface area contributed by atoms with E-state index in [9.17, 15) is 14.4 Å². The molecule has 3 aliphatic rings. The average Bonchev–Trinajstić information content (AvgIpc) is 3.43. The lowest BCUT2D eigenvalue weighted by Crippen LogP contribution is -2.52. The number of hydrogen-bond donors (Lipinski definition) is 2. The number of likely N-dealkylation sites (tertiary alicyclic amines) is 1. The maximum Gasteiger partial charge on any atom is 0.255 e. The molecule has 0 spiro atoms. The first-order valence-corrected chi connectivity index (χ1v) is 10.1. The molecular formula is C20H23N7O3. The lowest BCUT2D eigenvalue weighted by atomic mass is 10.0. The second kappa shape index (κ2) is 7.29. The first-order chi connectivity index (χ1) is 14.5. The first-order valence-electron chi connectivity index (χ1n) is 10.1. The summed E-state index contributed by atoms with van der Waals surface area (Å²) in [4.78, 5) is 40.6. The molecule has 0 saturated carbocycles. The number of nitrogens with two attached hydrogens (primary N) is 1. The number of piperidine rings is 1. The molecule has 1 unspecified atom stereocenters. The van der Waals surface area contributed by atoms with Gasteiger partial charge in [0, 0.05) is 50.4 Å². The summed E-state index contributed by atoms with van der Waals surface area (Å²) in [5, 5.41) is 10.3. The monoisotopic (exact) mass is 409 g/mol. The summed E-state index contributed by atoms with van der Waals surface area (Å²) in [6.45, 7) is 2.51. The van der Waals surface area contributed by atoms with E-state index < -0.39 is 11.9 Å². The summed E-state index contributed by atoms with van der Waals surface area (Å²) >= 11 is 0. The zero-order chi connectivity index (χ0) is 20.8. The fourth-order valence-electron chi connectivity index (χ4n) is 4.74. The minimum absolute atomic E-state index is 0.0509. The van der Waals surface area contributed by atoms with Crippen LogP contribution in [0.25, 0.3) is 0 Å². The predicted molar refractivity (Wildman–Crippen MR) is 105 cm³/mol. The van der Waals surface area contributed by atoms with Crippen LogP contribution in [0.4, 0.5) is 0 Å². The Hall–Kier alpha value is -3.11. The molecule has 1 aromatic carbocycles. The van der Waals surface area contributed by atoms with Gasteiger partial charge in [0.15, 0.2) is 0 Å². The molecule has 3 aliphatic heterocycles. The van der Waals surface area contributed by atoms with Crippen molar-refractivity contribution in [2.75, 3.05) is 13.1 Å². The molecule has 0 bridgehead atoms. The summed E-state index contributed by atoms with van der Waals surface area (Å²) in [6.07, 6.45) is 4.08. The SMILES string of the molecule is N[C@@H]1CN(Cc2cccc3c2CN(C2CCC(=O)NC2=O)C3=O)C[C@@H]1n1ccnn1. The van der Waals surface area contributed by atoms with E-state index in [1.807, 2.05) is 18.3 Å². The van der Waals surface area contributed by atoms with Crippen LogP contribution >= 0.6 is 0 Å². The zero-order valence-electron chi connectivity index (χ0n) is 16.4. The molecule has 3 atom stereocenters. The van der Waals surface area contributed by atoms with E-state index in [0.717, 1.165) is 24.2 Å². The Morgan fingerprint density at radius 2 is 2.07 bits per heavy atom. The van der Waals surface area contributed by atoms with E-state index in [1.54, 1.807) is 21.8 Å². The summed E-state index contributed by atoms with van der Waals surface area (Å²) < 4.78 is 1.80. The minimum Gasteiger partial charge on any atom is -0.325 e. The van der Waals surface area contributed by atoms with Crippen molar-refractivity contribution in [2.45, 2.75) is 44.1 Å². The lowest BCUT2D eigenvalue weighted by molar-refractivity contribution is -0.136. The highest BCUT2D eigenvalue weighted by atomic mass is 16.2. The van der Waals surface area contributed by atoms with Crippen LogP contribution in [0.5, 0.6) is 0 Å². The number of rotatable bonds is 4. The van der Waals surface area contributed by atoms with Crippen molar-refractivity contribution >= 4 is 17.7 Å². The molecule has 0 radical (unpaired) electrons. The molecule has 30 heavy (non-hydrogen) atoms. The molecule has 5 rings (SSSR count). The Labute approximate surface area is 173 Å². The Kier molecular flexibility index (Phi) is 4.59. The zero-order valence-corrected chi connectivity index (χ0v) is 16.4. The number of benzene rings is 1. The fraction of sp³-hybridized carbons (Fsp3) is 0.450. The van der Waals surface area contributed by atoms with Gasteiger partial charge in [-0.15, -0.1) is 5.10 Å². The van der Waals surface area contributed by atoms with Gasteiger partial charge >= 0.3 is 0 Å². The van der Waals surface area contributed by atoms with Gasteiger partial charge < -0.3 is 10.6 Å². The van der Waals surface area contributed by atoms with Gasteiger partial charge in [0.25, 0.3) is 5.91 Å². The van der Waals surface area contributed by atoms with Gasteiger partial charge in [0.05, 0.1) is 12.2 Å². The highest BCUT2D eigenvalue weighted by Gasteiger charge is 2.40. The normalized spacial score (nSPS) is 26.9. The molecule has 2 saturated heterocycles. The molecular weight excluding hydrogens is 386 g/mol. The van der Waals surface area contributed by atoms with Gasteiger partial charge in [0.1, 0.15) is 6.04 Å². The Morgan fingerprint density at radius 1 is 1.20 bits per heavy atom. The third-order valence-electron chi connectivity index (χ3n) is 6.26. The van der Waals surface area contributed by atoms with Crippen LogP contribution in [-0.4, -0.2) is 67.7 Å². The second-order valence-electron chi connectivity index (χ2n) is 8.15. The van der Waals surface area contributed by atoms with Crippen molar-refractivity contribution in [3.8, 4) is 0 Å². The number of carbonyl (C=O) groups excluding carboxylic acids is 3. The molecule has 10 nitrogen and oxygen atoms in total. The quantitative estimate of drug-likeness (QED) is 0.647. The summed E-state index contributed by atoms with van der Waals surface area (Å²) in [5.41, 5.74) is 8.97. The highest BCUT2D eigenvalue weighted by Crippen LogP contribution is 2.31. The topological polar surface area (TPSA) is 126 Å². The molecule has 3 N–H and O–H groups in total. The van der Waals surface area contributed by atoms with Crippen molar-refractivity contribution in [3.05, 3.63) is 47.3 Å². The Morgan fingerprint density at radius 3 is 2.83 bits per heavy atom. The summed E-state index contributed by atoms with van der Waals surface area (Å²) in [5.74, 6) is -0.830. The largest absolute Gasteiger partial charge is 0.325 e. The van der Waals surface area contributed by atoms with Crippen LogP contribution in [0.15, 0.2) is 30.6 Å². The summed E-state index contributed by atoms with van der Waals surface area (Å²) in [7, 11) is 0. The minimum atomic E-state index is -0.604. The van der Waals surface area contributed by atoms with E-state index in [1.165, 1.54) is 0 Å². The number of fused-ring (bicyclic) bond motifs is 1. The van der Waals surface area contributed by atoms with E-state index >= 15 is 0 Å². The molecule has 2 aromatic rings. The van der Waals surface area contributed by atoms with Gasteiger partial charge in [0.2, 0.25) is 11.8 Å². The van der Waals surface area contributed by atoms with E-state index in [2.05, 4.69) is 20.5 Å². The number of nitrogens with zero attached hydrogens (tertiary/aromatic N) is 5. The predicted octanol–water partition coefficient (Wildman–Crippen LogP) is -0.577. The van der Waals surface area contributed by atoms with Crippen LogP contribution in [0.2, 0.25) is 0 Å². The second-order valence-corrected chi connectivity index (χ2v) is 8.15.